The molecular formula is C12H11Br2N3O3. The normalized spacial score (nSPS) is 10.3. The number of phenolic OH excluding ortho intramolecular Hbond substituents is 1. The highest BCUT2D eigenvalue weighted by Gasteiger charge is 2.11. The molecule has 0 fully saturated rings. The average molecular weight is 405 g/mol. The molecule has 0 unspecified atom stereocenters. The second-order valence-electron chi connectivity index (χ2n) is 3.52. The highest BCUT2D eigenvalue weighted by Crippen LogP contribution is 2.30. The summed E-state index contributed by atoms with van der Waals surface area (Å²) in [4.78, 5) is 22.5. The van der Waals surface area contributed by atoms with Crippen LogP contribution in [0.2, 0.25) is 0 Å². The van der Waals surface area contributed by atoms with Crippen LogP contribution in [0.25, 0.3) is 0 Å². The van der Waals surface area contributed by atoms with Gasteiger partial charge in [0.1, 0.15) is 5.75 Å². The number of halogens is 2. The lowest BCUT2D eigenvalue weighted by atomic mass is 10.2. The van der Waals surface area contributed by atoms with Crippen molar-refractivity contribution in [1.82, 2.24) is 10.7 Å². The molecule has 0 aliphatic rings. The summed E-state index contributed by atoms with van der Waals surface area (Å²) in [6.45, 7) is 3.60. The van der Waals surface area contributed by atoms with E-state index in [1.807, 2.05) is 5.43 Å². The molecule has 0 radical (unpaired) electrons. The maximum absolute atomic E-state index is 11.3. The van der Waals surface area contributed by atoms with Crippen molar-refractivity contribution >= 4 is 49.9 Å². The summed E-state index contributed by atoms with van der Waals surface area (Å²) in [5.74, 6) is -1.75. The molecule has 1 rings (SSSR count). The lowest BCUT2D eigenvalue weighted by Crippen LogP contribution is -2.37. The highest BCUT2D eigenvalue weighted by atomic mass is 79.9. The van der Waals surface area contributed by atoms with Gasteiger partial charge in [-0.1, -0.05) is 22.0 Å². The number of carbonyl (C=O) groups is 2. The molecule has 1 aromatic rings. The van der Waals surface area contributed by atoms with Gasteiger partial charge >= 0.3 is 11.8 Å². The summed E-state index contributed by atoms with van der Waals surface area (Å²) in [6, 6.07) is 3.27. The Morgan fingerprint density at radius 3 is 2.70 bits per heavy atom. The molecule has 0 heterocycles. The van der Waals surface area contributed by atoms with Crippen molar-refractivity contribution in [3.05, 3.63) is 39.3 Å². The highest BCUT2D eigenvalue weighted by molar-refractivity contribution is 9.11. The summed E-state index contributed by atoms with van der Waals surface area (Å²) in [5, 5.41) is 15.7. The van der Waals surface area contributed by atoms with Crippen molar-refractivity contribution in [1.29, 1.82) is 0 Å². The van der Waals surface area contributed by atoms with Crippen molar-refractivity contribution in [2.24, 2.45) is 5.10 Å². The van der Waals surface area contributed by atoms with Crippen molar-refractivity contribution in [2.75, 3.05) is 6.54 Å². The second-order valence-corrected chi connectivity index (χ2v) is 5.29. The predicted octanol–water partition coefficient (Wildman–Crippen LogP) is 1.67. The maximum atomic E-state index is 11.3. The third-order valence-electron chi connectivity index (χ3n) is 2.04. The Morgan fingerprint density at radius 2 is 2.05 bits per heavy atom. The van der Waals surface area contributed by atoms with E-state index in [0.717, 1.165) is 4.47 Å². The third kappa shape index (κ3) is 4.78. The monoisotopic (exact) mass is 403 g/mol. The van der Waals surface area contributed by atoms with Crippen molar-refractivity contribution in [3.63, 3.8) is 0 Å². The first kappa shape index (κ1) is 16.4. The van der Waals surface area contributed by atoms with E-state index in [1.165, 1.54) is 12.3 Å². The molecule has 6 nitrogen and oxygen atoms in total. The van der Waals surface area contributed by atoms with Crippen molar-refractivity contribution in [3.8, 4) is 5.75 Å². The van der Waals surface area contributed by atoms with Crippen LogP contribution in [0.3, 0.4) is 0 Å². The number of hydrogen-bond acceptors (Lipinski definition) is 4. The smallest absolute Gasteiger partial charge is 0.329 e. The molecule has 0 saturated heterocycles. The van der Waals surface area contributed by atoms with Gasteiger partial charge in [-0.25, -0.2) is 5.43 Å². The number of carbonyl (C=O) groups excluding carboxylic acids is 2. The van der Waals surface area contributed by atoms with Crippen LogP contribution >= 0.6 is 31.9 Å². The minimum atomic E-state index is -0.906. The van der Waals surface area contributed by atoms with Crippen LogP contribution in [0.4, 0.5) is 0 Å². The Bertz CT molecular complexity index is 573. The van der Waals surface area contributed by atoms with Crippen LogP contribution in [0.1, 0.15) is 5.56 Å². The summed E-state index contributed by atoms with van der Waals surface area (Å²) in [6.07, 6.45) is 2.68. The summed E-state index contributed by atoms with van der Waals surface area (Å²) < 4.78 is 1.20. The van der Waals surface area contributed by atoms with Crippen molar-refractivity contribution in [2.45, 2.75) is 0 Å². The molecular weight excluding hydrogens is 394 g/mol. The van der Waals surface area contributed by atoms with E-state index in [4.69, 9.17) is 0 Å². The molecule has 20 heavy (non-hydrogen) atoms. The van der Waals surface area contributed by atoms with Crippen LogP contribution in [0.5, 0.6) is 5.75 Å². The first-order valence-electron chi connectivity index (χ1n) is 5.36. The standard InChI is InChI=1S/C12H11Br2N3O3/c1-2-3-15-11(19)12(20)17-16-6-7-4-8(13)5-9(14)10(7)18/h2,4-6,18H,1,3H2,(H,15,19)(H,17,20)/b16-6+. The zero-order valence-corrected chi connectivity index (χ0v) is 13.4. The quantitative estimate of drug-likeness (QED) is 0.308. The molecule has 2 amide bonds. The largest absolute Gasteiger partial charge is 0.506 e. The van der Waals surface area contributed by atoms with Gasteiger partial charge in [0, 0.05) is 16.6 Å². The Morgan fingerprint density at radius 1 is 1.35 bits per heavy atom. The first-order valence-corrected chi connectivity index (χ1v) is 6.94. The van der Waals surface area contributed by atoms with E-state index in [0.29, 0.717) is 10.0 Å². The maximum Gasteiger partial charge on any atom is 0.329 e. The van der Waals surface area contributed by atoms with E-state index >= 15 is 0 Å². The fourth-order valence-corrected chi connectivity index (χ4v) is 2.40. The molecule has 1 aromatic carbocycles. The molecule has 3 N–H and O–H groups in total. The number of hydrazone groups is 1. The van der Waals surface area contributed by atoms with Gasteiger partial charge in [-0.05, 0) is 28.1 Å². The SMILES string of the molecule is C=CCNC(=O)C(=O)N/N=C/c1cc(Br)cc(Br)c1O. The van der Waals surface area contributed by atoms with Crippen LogP contribution in [-0.2, 0) is 9.59 Å². The van der Waals surface area contributed by atoms with E-state index in [9.17, 15) is 14.7 Å². The van der Waals surface area contributed by atoms with E-state index in [-0.39, 0.29) is 12.3 Å². The first-order chi connectivity index (χ1) is 9.45. The average Bonchev–Trinajstić information content (AvgIpc) is 2.41. The Hall–Kier alpha value is -1.67. The number of phenols is 1. The second kappa shape index (κ2) is 7.81. The van der Waals surface area contributed by atoms with Gasteiger partial charge < -0.3 is 10.4 Å². The zero-order chi connectivity index (χ0) is 15.1. The van der Waals surface area contributed by atoms with Crippen LogP contribution in [0, 0.1) is 0 Å². The Kier molecular flexibility index (Phi) is 6.40. The van der Waals surface area contributed by atoms with Gasteiger partial charge in [0.15, 0.2) is 0 Å². The predicted molar refractivity (Wildman–Crippen MR) is 82.5 cm³/mol. The number of hydrogen-bond donors (Lipinski definition) is 3. The number of nitrogens with zero attached hydrogens (tertiary/aromatic N) is 1. The van der Waals surface area contributed by atoms with Gasteiger partial charge in [0.2, 0.25) is 0 Å². The van der Waals surface area contributed by atoms with E-state index in [1.54, 1.807) is 12.1 Å². The van der Waals surface area contributed by atoms with Crippen LogP contribution < -0.4 is 10.7 Å². The summed E-state index contributed by atoms with van der Waals surface area (Å²) in [5.41, 5.74) is 2.42. The zero-order valence-electron chi connectivity index (χ0n) is 10.2. The number of amides is 2. The Balaban J connectivity index is 2.68. The number of aromatic hydroxyl groups is 1. The molecule has 8 heteroatoms. The molecule has 0 atom stereocenters. The fraction of sp³-hybridized carbons (Fsp3) is 0.0833. The van der Waals surface area contributed by atoms with Crippen LogP contribution in [0.15, 0.2) is 38.8 Å². The molecule has 0 aromatic heterocycles. The molecule has 0 bridgehead atoms. The molecule has 0 aliphatic heterocycles. The van der Waals surface area contributed by atoms with Gasteiger partial charge in [0.25, 0.3) is 0 Å². The third-order valence-corrected chi connectivity index (χ3v) is 3.10. The summed E-state index contributed by atoms with van der Waals surface area (Å²) >= 11 is 6.42. The van der Waals surface area contributed by atoms with E-state index < -0.39 is 11.8 Å². The number of nitrogens with one attached hydrogen (secondary N) is 2. The number of benzene rings is 1. The van der Waals surface area contributed by atoms with Crippen LogP contribution in [-0.4, -0.2) is 29.7 Å². The van der Waals surface area contributed by atoms with Crippen molar-refractivity contribution < 1.29 is 14.7 Å². The van der Waals surface area contributed by atoms with Gasteiger partial charge in [-0.3, -0.25) is 9.59 Å². The van der Waals surface area contributed by atoms with Gasteiger partial charge in [-0.2, -0.15) is 5.10 Å². The van der Waals surface area contributed by atoms with E-state index in [2.05, 4.69) is 48.9 Å². The summed E-state index contributed by atoms with van der Waals surface area (Å²) in [7, 11) is 0. The fourth-order valence-electron chi connectivity index (χ4n) is 1.14. The Labute approximate surface area is 132 Å². The lowest BCUT2D eigenvalue weighted by molar-refractivity contribution is -0.139. The molecule has 0 aliphatic carbocycles. The van der Waals surface area contributed by atoms with Gasteiger partial charge in [-0.15, -0.1) is 6.58 Å². The van der Waals surface area contributed by atoms with Gasteiger partial charge in [0.05, 0.1) is 10.7 Å². The topological polar surface area (TPSA) is 90.8 Å². The minimum Gasteiger partial charge on any atom is -0.506 e. The number of rotatable bonds is 4. The minimum absolute atomic E-state index is 0.0256. The molecule has 0 saturated carbocycles. The molecule has 106 valence electrons. The molecule has 0 spiro atoms. The lowest BCUT2D eigenvalue weighted by Gasteiger charge is -2.03.